The molecule has 0 atom stereocenters. The Morgan fingerprint density at radius 1 is 1.33 bits per heavy atom. The van der Waals surface area contributed by atoms with Gasteiger partial charge in [-0.3, -0.25) is 4.79 Å². The first-order chi connectivity index (χ1) is 8.76. The number of hydrogen-bond acceptors (Lipinski definition) is 2. The molecule has 0 N–H and O–H groups in total. The minimum absolute atomic E-state index is 0.0714. The summed E-state index contributed by atoms with van der Waals surface area (Å²) in [5, 5.41) is 0. The number of ether oxygens (including phenoxy) is 1. The molecule has 1 aliphatic rings. The van der Waals surface area contributed by atoms with E-state index in [1.54, 1.807) is 13.2 Å². The molecule has 18 heavy (non-hydrogen) atoms. The molecule has 1 aromatic carbocycles. The van der Waals surface area contributed by atoms with Gasteiger partial charge in [0.25, 0.3) is 5.91 Å². The summed E-state index contributed by atoms with van der Waals surface area (Å²) in [7, 11) is 1.59. The van der Waals surface area contributed by atoms with Gasteiger partial charge < -0.3 is 9.64 Å². The highest BCUT2D eigenvalue weighted by molar-refractivity contribution is 5.97. The van der Waals surface area contributed by atoms with Crippen molar-refractivity contribution < 1.29 is 9.53 Å². The first kappa shape index (κ1) is 12.7. The Bertz CT molecular complexity index is 448. The van der Waals surface area contributed by atoms with Gasteiger partial charge in [0.05, 0.1) is 12.7 Å². The average molecular weight is 245 g/mol. The van der Waals surface area contributed by atoms with Gasteiger partial charge in [-0.25, -0.2) is 0 Å². The largest absolute Gasteiger partial charge is 0.496 e. The van der Waals surface area contributed by atoms with Gasteiger partial charge in [-0.15, -0.1) is 0 Å². The summed E-state index contributed by atoms with van der Waals surface area (Å²) in [5.74, 6) is 0.699. The molecule has 0 aromatic heterocycles. The van der Waals surface area contributed by atoms with Crippen LogP contribution in [0, 0.1) is 0 Å². The Balaban J connectivity index is 2.25. The normalized spacial score (nSPS) is 15.3. The number of methoxy groups -OCH3 is 1. The van der Waals surface area contributed by atoms with Gasteiger partial charge in [0, 0.05) is 13.1 Å². The van der Waals surface area contributed by atoms with Crippen molar-refractivity contribution in [2.75, 3.05) is 20.2 Å². The van der Waals surface area contributed by atoms with Crippen LogP contribution in [-0.4, -0.2) is 31.0 Å². The molecule has 1 aliphatic heterocycles. The lowest BCUT2D eigenvalue weighted by Crippen LogP contribution is -2.35. The van der Waals surface area contributed by atoms with Crippen molar-refractivity contribution in [2.45, 2.75) is 19.3 Å². The Morgan fingerprint density at radius 2 is 2.06 bits per heavy atom. The number of carbonyl (C=O) groups excluding carboxylic acids is 1. The monoisotopic (exact) mass is 245 g/mol. The lowest BCUT2D eigenvalue weighted by molar-refractivity contribution is 0.0721. The molecule has 3 nitrogen and oxygen atoms in total. The van der Waals surface area contributed by atoms with Gasteiger partial charge in [0.2, 0.25) is 0 Å². The van der Waals surface area contributed by atoms with E-state index >= 15 is 0 Å². The van der Waals surface area contributed by atoms with Crippen molar-refractivity contribution in [3.8, 4) is 5.75 Å². The molecule has 1 fully saturated rings. The van der Waals surface area contributed by atoms with Crippen molar-refractivity contribution in [1.29, 1.82) is 0 Å². The quantitative estimate of drug-likeness (QED) is 0.819. The van der Waals surface area contributed by atoms with Gasteiger partial charge in [0.15, 0.2) is 0 Å². The van der Waals surface area contributed by atoms with E-state index < -0.39 is 0 Å². The van der Waals surface area contributed by atoms with E-state index in [4.69, 9.17) is 4.74 Å². The Morgan fingerprint density at radius 3 is 2.67 bits per heavy atom. The lowest BCUT2D eigenvalue weighted by Gasteiger charge is -2.27. The molecule has 1 heterocycles. The first-order valence-electron chi connectivity index (χ1n) is 6.36. The Labute approximate surface area is 108 Å². The van der Waals surface area contributed by atoms with Gasteiger partial charge in [0.1, 0.15) is 5.75 Å². The molecule has 0 saturated carbocycles. The second kappa shape index (κ2) is 5.71. The minimum Gasteiger partial charge on any atom is -0.496 e. The van der Waals surface area contributed by atoms with Crippen molar-refractivity contribution >= 4 is 12.0 Å². The van der Waals surface area contributed by atoms with Crippen molar-refractivity contribution in [1.82, 2.24) is 4.90 Å². The molecule has 0 bridgehead atoms. The second-order valence-electron chi connectivity index (χ2n) is 4.52. The fraction of sp³-hybridized carbons (Fsp3) is 0.400. The summed E-state index contributed by atoms with van der Waals surface area (Å²) < 4.78 is 5.30. The van der Waals surface area contributed by atoms with Crippen LogP contribution in [0.25, 0.3) is 6.08 Å². The van der Waals surface area contributed by atoms with Gasteiger partial charge >= 0.3 is 0 Å². The van der Waals surface area contributed by atoms with Gasteiger partial charge in [-0.2, -0.15) is 0 Å². The zero-order valence-corrected chi connectivity index (χ0v) is 10.8. The van der Waals surface area contributed by atoms with E-state index in [0.29, 0.717) is 11.3 Å². The number of hydrogen-bond donors (Lipinski definition) is 0. The number of amides is 1. The number of piperidine rings is 1. The van der Waals surface area contributed by atoms with Crippen molar-refractivity contribution in [2.24, 2.45) is 0 Å². The first-order valence-corrected chi connectivity index (χ1v) is 6.36. The van der Waals surface area contributed by atoms with Gasteiger partial charge in [-0.05, 0) is 37.0 Å². The van der Waals surface area contributed by atoms with Gasteiger partial charge in [-0.1, -0.05) is 18.7 Å². The predicted molar refractivity (Wildman–Crippen MR) is 72.8 cm³/mol. The molecule has 2 rings (SSSR count). The zero-order chi connectivity index (χ0) is 13.0. The smallest absolute Gasteiger partial charge is 0.257 e. The molecule has 96 valence electrons. The third-order valence-corrected chi connectivity index (χ3v) is 3.33. The van der Waals surface area contributed by atoms with Crippen LogP contribution in [0.2, 0.25) is 0 Å². The molecule has 1 saturated heterocycles. The highest BCUT2D eigenvalue weighted by Gasteiger charge is 2.21. The number of likely N-dealkylation sites (tertiary alicyclic amines) is 1. The SMILES string of the molecule is C=Cc1ccc(C(=O)N2CCCCC2)c(OC)c1. The van der Waals surface area contributed by atoms with Crippen LogP contribution in [0.4, 0.5) is 0 Å². The van der Waals surface area contributed by atoms with Crippen molar-refractivity contribution in [3.05, 3.63) is 35.9 Å². The minimum atomic E-state index is 0.0714. The van der Waals surface area contributed by atoms with Crippen LogP contribution >= 0.6 is 0 Å². The Kier molecular flexibility index (Phi) is 4.03. The number of benzene rings is 1. The summed E-state index contributed by atoms with van der Waals surface area (Å²) in [5.41, 5.74) is 1.60. The molecule has 0 radical (unpaired) electrons. The van der Waals surface area contributed by atoms with Crippen LogP contribution in [0.15, 0.2) is 24.8 Å². The third-order valence-electron chi connectivity index (χ3n) is 3.33. The van der Waals surface area contributed by atoms with E-state index in [0.717, 1.165) is 31.5 Å². The molecular weight excluding hydrogens is 226 g/mol. The van der Waals surface area contributed by atoms with Crippen LogP contribution < -0.4 is 4.74 Å². The third kappa shape index (κ3) is 2.55. The maximum Gasteiger partial charge on any atom is 0.257 e. The average Bonchev–Trinajstić information content (AvgIpc) is 2.46. The standard InChI is InChI=1S/C15H19NO2/c1-3-12-7-8-13(14(11-12)18-2)15(17)16-9-5-4-6-10-16/h3,7-8,11H,1,4-6,9-10H2,2H3. The maximum absolute atomic E-state index is 12.4. The zero-order valence-electron chi connectivity index (χ0n) is 10.8. The lowest BCUT2D eigenvalue weighted by atomic mass is 10.1. The van der Waals surface area contributed by atoms with Crippen LogP contribution in [0.5, 0.6) is 5.75 Å². The van der Waals surface area contributed by atoms with Crippen LogP contribution in [-0.2, 0) is 0 Å². The van der Waals surface area contributed by atoms with E-state index in [-0.39, 0.29) is 5.91 Å². The summed E-state index contributed by atoms with van der Waals surface area (Å²) in [6.07, 6.45) is 5.16. The summed E-state index contributed by atoms with van der Waals surface area (Å²) >= 11 is 0. The molecule has 1 amide bonds. The van der Waals surface area contributed by atoms with E-state index in [1.807, 2.05) is 23.1 Å². The topological polar surface area (TPSA) is 29.5 Å². The summed E-state index contributed by atoms with van der Waals surface area (Å²) in [4.78, 5) is 14.3. The number of carbonyl (C=O) groups is 1. The fourth-order valence-electron chi connectivity index (χ4n) is 2.28. The highest BCUT2D eigenvalue weighted by Crippen LogP contribution is 2.23. The molecule has 1 aromatic rings. The van der Waals surface area contributed by atoms with Crippen molar-refractivity contribution in [3.63, 3.8) is 0 Å². The fourth-order valence-corrected chi connectivity index (χ4v) is 2.28. The van der Waals surface area contributed by atoms with E-state index in [2.05, 4.69) is 6.58 Å². The van der Waals surface area contributed by atoms with Crippen LogP contribution in [0.1, 0.15) is 35.2 Å². The molecule has 3 heteroatoms. The summed E-state index contributed by atoms with van der Waals surface area (Å²) in [6.45, 7) is 5.42. The molecule has 0 spiro atoms. The second-order valence-corrected chi connectivity index (χ2v) is 4.52. The predicted octanol–water partition coefficient (Wildman–Crippen LogP) is 2.96. The molecular formula is C15H19NO2. The van der Waals surface area contributed by atoms with Crippen LogP contribution in [0.3, 0.4) is 0 Å². The molecule has 0 unspecified atom stereocenters. The van der Waals surface area contributed by atoms with E-state index in [9.17, 15) is 4.79 Å². The van der Waals surface area contributed by atoms with E-state index in [1.165, 1.54) is 6.42 Å². The number of nitrogens with zero attached hydrogens (tertiary/aromatic N) is 1. The molecule has 0 aliphatic carbocycles. The summed E-state index contributed by atoms with van der Waals surface area (Å²) in [6, 6.07) is 5.57. The number of rotatable bonds is 3. The Hall–Kier alpha value is -1.77. The highest BCUT2D eigenvalue weighted by atomic mass is 16.5. The maximum atomic E-state index is 12.4.